The van der Waals surface area contributed by atoms with Gasteiger partial charge in [-0.05, 0) is 11.6 Å². The standard InChI is InChI=1S/C14H17NO5/c1-20-14(17)10-8-12(15(18)19)13(16)9-7-11-5-3-2-4-6-11/h2-7,9,12-13,16H,8,10H2,1H3/b9-7+/t12?,13-/m0/s1. The minimum atomic E-state index is -1.25. The molecule has 0 heterocycles. The second-order valence-electron chi connectivity index (χ2n) is 4.23. The molecular formula is C14H17NO5. The van der Waals surface area contributed by atoms with E-state index in [1.54, 1.807) is 6.08 Å². The number of rotatable bonds is 7. The van der Waals surface area contributed by atoms with Crippen molar-refractivity contribution < 1.29 is 19.6 Å². The Morgan fingerprint density at radius 1 is 1.45 bits per heavy atom. The van der Waals surface area contributed by atoms with E-state index < -0.39 is 23.0 Å². The molecule has 1 N–H and O–H groups in total. The van der Waals surface area contributed by atoms with E-state index in [1.165, 1.54) is 13.2 Å². The first-order valence-electron chi connectivity index (χ1n) is 6.16. The van der Waals surface area contributed by atoms with Crippen molar-refractivity contribution in [1.29, 1.82) is 0 Å². The molecule has 0 aliphatic rings. The van der Waals surface area contributed by atoms with Crippen molar-refractivity contribution in [2.75, 3.05) is 7.11 Å². The lowest BCUT2D eigenvalue weighted by molar-refractivity contribution is -0.532. The third kappa shape index (κ3) is 5.19. The zero-order chi connectivity index (χ0) is 15.0. The summed E-state index contributed by atoms with van der Waals surface area (Å²) in [5, 5.41) is 20.8. The molecule has 0 saturated carbocycles. The Morgan fingerprint density at radius 3 is 2.65 bits per heavy atom. The highest BCUT2D eigenvalue weighted by Gasteiger charge is 2.28. The largest absolute Gasteiger partial charge is 0.469 e. The molecule has 1 aromatic rings. The topological polar surface area (TPSA) is 89.7 Å². The summed E-state index contributed by atoms with van der Waals surface area (Å²) in [7, 11) is 1.22. The molecule has 20 heavy (non-hydrogen) atoms. The van der Waals surface area contributed by atoms with Crippen molar-refractivity contribution in [2.45, 2.75) is 25.0 Å². The number of nitrogens with zero attached hydrogens (tertiary/aromatic N) is 1. The van der Waals surface area contributed by atoms with E-state index in [4.69, 9.17) is 0 Å². The van der Waals surface area contributed by atoms with Gasteiger partial charge in [-0.2, -0.15) is 0 Å². The Kier molecular flexibility index (Phi) is 6.39. The molecule has 1 rings (SSSR count). The first-order valence-corrected chi connectivity index (χ1v) is 6.16. The molecule has 0 aromatic heterocycles. The van der Waals surface area contributed by atoms with Crippen LogP contribution in [0.1, 0.15) is 18.4 Å². The number of benzene rings is 1. The Hall–Kier alpha value is -2.21. The van der Waals surface area contributed by atoms with Crippen LogP contribution in [0.2, 0.25) is 0 Å². The monoisotopic (exact) mass is 279 g/mol. The quantitative estimate of drug-likeness (QED) is 0.465. The molecule has 2 atom stereocenters. The number of aliphatic hydroxyl groups is 1. The number of hydrogen-bond acceptors (Lipinski definition) is 5. The minimum Gasteiger partial charge on any atom is -0.469 e. The molecule has 1 unspecified atom stereocenters. The lowest BCUT2D eigenvalue weighted by atomic mass is 10.0. The van der Waals surface area contributed by atoms with Crippen LogP contribution >= 0.6 is 0 Å². The van der Waals surface area contributed by atoms with Crippen LogP contribution in [-0.4, -0.2) is 35.3 Å². The Labute approximate surface area is 116 Å². The highest BCUT2D eigenvalue weighted by Crippen LogP contribution is 2.11. The fourth-order valence-electron chi connectivity index (χ4n) is 1.67. The number of methoxy groups -OCH3 is 1. The van der Waals surface area contributed by atoms with Gasteiger partial charge in [-0.15, -0.1) is 0 Å². The van der Waals surface area contributed by atoms with Gasteiger partial charge in [0.2, 0.25) is 6.04 Å². The number of hydrogen-bond donors (Lipinski definition) is 1. The van der Waals surface area contributed by atoms with E-state index in [-0.39, 0.29) is 12.8 Å². The van der Waals surface area contributed by atoms with Gasteiger partial charge in [-0.1, -0.05) is 36.4 Å². The highest BCUT2D eigenvalue weighted by atomic mass is 16.6. The number of ether oxygens (including phenoxy) is 1. The van der Waals surface area contributed by atoms with Crippen molar-refractivity contribution in [3.63, 3.8) is 0 Å². The summed E-state index contributed by atoms with van der Waals surface area (Å²) in [6.07, 6.45) is 1.55. The third-order valence-corrected chi connectivity index (χ3v) is 2.82. The highest BCUT2D eigenvalue weighted by molar-refractivity contribution is 5.69. The molecule has 0 radical (unpaired) electrons. The fraction of sp³-hybridized carbons (Fsp3) is 0.357. The summed E-state index contributed by atoms with van der Waals surface area (Å²) in [5.74, 6) is -0.531. The zero-order valence-corrected chi connectivity index (χ0v) is 11.1. The van der Waals surface area contributed by atoms with Gasteiger partial charge >= 0.3 is 5.97 Å². The summed E-state index contributed by atoms with van der Waals surface area (Å²) >= 11 is 0. The van der Waals surface area contributed by atoms with Gasteiger partial charge in [0.25, 0.3) is 0 Å². The van der Waals surface area contributed by atoms with Crippen LogP contribution in [0.5, 0.6) is 0 Å². The average Bonchev–Trinajstić information content (AvgIpc) is 2.45. The van der Waals surface area contributed by atoms with E-state index in [0.717, 1.165) is 5.56 Å². The maximum absolute atomic E-state index is 11.0. The number of aliphatic hydroxyl groups excluding tert-OH is 1. The summed E-state index contributed by atoms with van der Waals surface area (Å²) in [5.41, 5.74) is 0.835. The predicted octanol–water partition coefficient (Wildman–Crippen LogP) is 1.66. The molecule has 0 bridgehead atoms. The van der Waals surface area contributed by atoms with E-state index in [2.05, 4.69) is 4.74 Å². The van der Waals surface area contributed by atoms with E-state index in [1.807, 2.05) is 30.3 Å². The Bertz CT molecular complexity index is 472. The lowest BCUT2D eigenvalue weighted by Crippen LogP contribution is -2.32. The SMILES string of the molecule is COC(=O)CCC([C@@H](O)/C=C/c1ccccc1)[N+](=O)[O-]. The maximum atomic E-state index is 11.0. The molecule has 0 fully saturated rings. The van der Waals surface area contributed by atoms with Gasteiger partial charge in [0, 0.05) is 11.3 Å². The molecular weight excluding hydrogens is 262 g/mol. The molecule has 6 nitrogen and oxygen atoms in total. The third-order valence-electron chi connectivity index (χ3n) is 2.82. The van der Waals surface area contributed by atoms with Gasteiger partial charge in [-0.3, -0.25) is 14.9 Å². The number of carbonyl (C=O) groups is 1. The smallest absolute Gasteiger partial charge is 0.305 e. The molecule has 0 spiro atoms. The summed E-state index contributed by atoms with van der Waals surface area (Å²) in [6, 6.07) is 7.92. The first-order chi connectivity index (χ1) is 9.54. The van der Waals surface area contributed by atoms with Gasteiger partial charge in [0.1, 0.15) is 6.10 Å². The van der Waals surface area contributed by atoms with Crippen molar-refractivity contribution >= 4 is 12.0 Å². The van der Waals surface area contributed by atoms with Crippen LogP contribution in [0.15, 0.2) is 36.4 Å². The fourth-order valence-corrected chi connectivity index (χ4v) is 1.67. The summed E-state index contributed by atoms with van der Waals surface area (Å²) in [6.45, 7) is 0. The van der Waals surface area contributed by atoms with Crippen molar-refractivity contribution in [3.05, 3.63) is 52.1 Å². The van der Waals surface area contributed by atoms with Crippen molar-refractivity contribution in [2.24, 2.45) is 0 Å². The Balaban J connectivity index is 2.64. The Morgan fingerprint density at radius 2 is 2.10 bits per heavy atom. The van der Waals surface area contributed by atoms with Gasteiger partial charge in [-0.25, -0.2) is 0 Å². The van der Waals surface area contributed by atoms with Gasteiger partial charge < -0.3 is 9.84 Å². The number of carbonyl (C=O) groups excluding carboxylic acids is 1. The van der Waals surface area contributed by atoms with Crippen LogP contribution in [0, 0.1) is 10.1 Å². The van der Waals surface area contributed by atoms with E-state index in [0.29, 0.717) is 0 Å². The first kappa shape index (κ1) is 15.8. The van der Waals surface area contributed by atoms with Crippen molar-refractivity contribution in [1.82, 2.24) is 0 Å². The second-order valence-corrected chi connectivity index (χ2v) is 4.23. The summed E-state index contributed by atoms with van der Waals surface area (Å²) < 4.78 is 4.43. The zero-order valence-electron chi connectivity index (χ0n) is 11.1. The number of esters is 1. The van der Waals surface area contributed by atoms with E-state index in [9.17, 15) is 20.0 Å². The van der Waals surface area contributed by atoms with Crippen molar-refractivity contribution in [3.8, 4) is 0 Å². The van der Waals surface area contributed by atoms with Gasteiger partial charge in [0.15, 0.2) is 0 Å². The number of nitro groups is 1. The molecule has 0 saturated heterocycles. The molecule has 0 amide bonds. The molecule has 108 valence electrons. The van der Waals surface area contributed by atoms with Crippen LogP contribution in [0.3, 0.4) is 0 Å². The second kappa shape index (κ2) is 8.06. The molecule has 0 aliphatic carbocycles. The van der Waals surface area contributed by atoms with Crippen LogP contribution in [0.4, 0.5) is 0 Å². The minimum absolute atomic E-state index is 0.0695. The summed E-state index contributed by atoms with van der Waals surface area (Å²) in [4.78, 5) is 21.3. The molecule has 1 aromatic carbocycles. The van der Waals surface area contributed by atoms with Gasteiger partial charge in [0.05, 0.1) is 13.5 Å². The van der Waals surface area contributed by atoms with Crippen LogP contribution in [0.25, 0.3) is 6.08 Å². The molecule has 0 aliphatic heterocycles. The maximum Gasteiger partial charge on any atom is 0.305 e. The van der Waals surface area contributed by atoms with Crippen LogP contribution < -0.4 is 0 Å². The average molecular weight is 279 g/mol. The predicted molar refractivity (Wildman–Crippen MR) is 73.5 cm³/mol. The van der Waals surface area contributed by atoms with E-state index >= 15 is 0 Å². The lowest BCUT2D eigenvalue weighted by Gasteiger charge is -2.12. The van der Waals surface area contributed by atoms with Crippen LogP contribution in [-0.2, 0) is 9.53 Å². The normalized spacial score (nSPS) is 13.9. The molecule has 6 heteroatoms.